The number of methoxy groups -OCH3 is 1. The van der Waals surface area contributed by atoms with Gasteiger partial charge in [0.15, 0.2) is 0 Å². The van der Waals surface area contributed by atoms with E-state index in [0.717, 1.165) is 67.2 Å². The van der Waals surface area contributed by atoms with Gasteiger partial charge in [0.05, 0.1) is 31.7 Å². The Hall–Kier alpha value is -2.19. The number of pyridine rings is 1. The highest BCUT2D eigenvalue weighted by molar-refractivity contribution is 5.31. The topological polar surface area (TPSA) is 73.9 Å². The van der Waals surface area contributed by atoms with Crippen LogP contribution in [0, 0.1) is 5.92 Å². The second-order valence-corrected chi connectivity index (χ2v) is 8.98. The third-order valence-corrected chi connectivity index (χ3v) is 6.73. The van der Waals surface area contributed by atoms with Crippen molar-refractivity contribution in [1.82, 2.24) is 15.6 Å². The number of rotatable bonds is 7. The minimum Gasteiger partial charge on any atom is -0.490 e. The summed E-state index contributed by atoms with van der Waals surface area (Å²) in [6, 6.07) is 10.7. The Morgan fingerprint density at radius 2 is 1.97 bits per heavy atom. The van der Waals surface area contributed by atoms with E-state index in [0.29, 0.717) is 31.8 Å². The summed E-state index contributed by atoms with van der Waals surface area (Å²) >= 11 is 0. The molecule has 3 aliphatic heterocycles. The molecule has 32 heavy (non-hydrogen) atoms. The lowest BCUT2D eigenvalue weighted by atomic mass is 9.83. The van der Waals surface area contributed by atoms with Gasteiger partial charge in [-0.15, -0.1) is 0 Å². The van der Waals surface area contributed by atoms with Crippen molar-refractivity contribution in [3.05, 3.63) is 53.3 Å². The van der Waals surface area contributed by atoms with Gasteiger partial charge in [-0.1, -0.05) is 12.1 Å². The lowest BCUT2D eigenvalue weighted by Gasteiger charge is -2.41. The van der Waals surface area contributed by atoms with Crippen molar-refractivity contribution < 1.29 is 18.9 Å². The molecule has 0 saturated carbocycles. The van der Waals surface area contributed by atoms with E-state index in [1.165, 1.54) is 0 Å². The van der Waals surface area contributed by atoms with Crippen LogP contribution >= 0.6 is 0 Å². The third kappa shape index (κ3) is 5.07. The molecule has 2 N–H and O–H groups in total. The van der Waals surface area contributed by atoms with E-state index < -0.39 is 0 Å². The highest BCUT2D eigenvalue weighted by Crippen LogP contribution is 2.29. The van der Waals surface area contributed by atoms with E-state index >= 15 is 0 Å². The summed E-state index contributed by atoms with van der Waals surface area (Å²) in [4.78, 5) is 4.53. The summed E-state index contributed by atoms with van der Waals surface area (Å²) in [6.45, 7) is 4.74. The zero-order chi connectivity index (χ0) is 21.8. The molecule has 4 atom stereocenters. The smallest absolute Gasteiger partial charge is 0.138 e. The molecular formula is C25H33N3O4. The van der Waals surface area contributed by atoms with Crippen LogP contribution in [-0.2, 0) is 29.3 Å². The Morgan fingerprint density at radius 3 is 2.84 bits per heavy atom. The summed E-state index contributed by atoms with van der Waals surface area (Å²) in [5.74, 6) is 2.16. The fourth-order valence-corrected chi connectivity index (χ4v) is 5.05. The number of piperidine rings is 2. The van der Waals surface area contributed by atoms with E-state index in [1.807, 2.05) is 18.3 Å². The molecular weight excluding hydrogens is 406 g/mol. The fraction of sp³-hybridized carbons (Fsp3) is 0.560. The van der Waals surface area contributed by atoms with Gasteiger partial charge in [-0.25, -0.2) is 0 Å². The molecule has 4 heterocycles. The molecule has 1 aromatic carbocycles. The third-order valence-electron chi connectivity index (χ3n) is 6.73. The average molecular weight is 440 g/mol. The van der Waals surface area contributed by atoms with Gasteiger partial charge >= 0.3 is 0 Å². The van der Waals surface area contributed by atoms with Gasteiger partial charge < -0.3 is 29.6 Å². The standard InChI is InChI=1S/C25H33N3O4/c1-29-14-17-2-4-19(5-3-17)31-20-6-9-27-23(11-20)22-13-26-8-7-25(22)32-21-10-18-15-30-16-24(18)28-12-21/h2-5,10,12,20,22-23,25-27H,6-9,11,13-16H2,1H3. The van der Waals surface area contributed by atoms with Crippen LogP contribution in [0.2, 0.25) is 0 Å². The van der Waals surface area contributed by atoms with Gasteiger partial charge in [-0.05, 0) is 49.7 Å². The van der Waals surface area contributed by atoms with Crippen LogP contribution in [0.1, 0.15) is 36.1 Å². The molecule has 0 amide bonds. The van der Waals surface area contributed by atoms with E-state index in [9.17, 15) is 0 Å². The first-order valence-electron chi connectivity index (χ1n) is 11.7. The van der Waals surface area contributed by atoms with Crippen LogP contribution in [0.25, 0.3) is 0 Å². The maximum atomic E-state index is 6.49. The molecule has 0 bridgehead atoms. The molecule has 7 nitrogen and oxygen atoms in total. The molecule has 172 valence electrons. The first-order chi connectivity index (χ1) is 15.8. The van der Waals surface area contributed by atoms with E-state index in [4.69, 9.17) is 18.9 Å². The molecule has 5 rings (SSSR count). The summed E-state index contributed by atoms with van der Waals surface area (Å²) in [6.07, 6.45) is 5.18. The van der Waals surface area contributed by atoms with Gasteiger partial charge in [0.25, 0.3) is 0 Å². The first kappa shape index (κ1) is 21.6. The van der Waals surface area contributed by atoms with Crippen molar-refractivity contribution in [3.63, 3.8) is 0 Å². The first-order valence-corrected chi connectivity index (χ1v) is 11.7. The lowest BCUT2D eigenvalue weighted by molar-refractivity contribution is 0.0470. The van der Waals surface area contributed by atoms with Crippen molar-refractivity contribution in [2.75, 3.05) is 26.7 Å². The van der Waals surface area contributed by atoms with Gasteiger partial charge in [-0.2, -0.15) is 0 Å². The number of nitrogens with one attached hydrogen (secondary N) is 2. The van der Waals surface area contributed by atoms with Crippen LogP contribution in [0.3, 0.4) is 0 Å². The molecule has 2 aromatic rings. The minimum absolute atomic E-state index is 0.156. The van der Waals surface area contributed by atoms with E-state index in [1.54, 1.807) is 7.11 Å². The lowest BCUT2D eigenvalue weighted by Crippen LogP contribution is -2.56. The molecule has 0 aliphatic carbocycles. The van der Waals surface area contributed by atoms with Gasteiger partial charge in [-0.3, -0.25) is 4.98 Å². The predicted octanol–water partition coefficient (Wildman–Crippen LogP) is 2.81. The Balaban J connectivity index is 1.22. The maximum Gasteiger partial charge on any atom is 0.138 e. The number of aromatic nitrogens is 1. The predicted molar refractivity (Wildman–Crippen MR) is 121 cm³/mol. The molecule has 2 saturated heterocycles. The quantitative estimate of drug-likeness (QED) is 0.687. The fourth-order valence-electron chi connectivity index (χ4n) is 5.05. The van der Waals surface area contributed by atoms with Gasteiger partial charge in [0.2, 0.25) is 0 Å². The van der Waals surface area contributed by atoms with Crippen molar-refractivity contribution in [2.45, 2.75) is 57.3 Å². The minimum atomic E-state index is 0.156. The number of nitrogens with zero attached hydrogens (tertiary/aromatic N) is 1. The van der Waals surface area contributed by atoms with Crippen molar-refractivity contribution in [1.29, 1.82) is 0 Å². The second-order valence-electron chi connectivity index (χ2n) is 8.98. The zero-order valence-corrected chi connectivity index (χ0v) is 18.7. The molecule has 2 fully saturated rings. The van der Waals surface area contributed by atoms with Crippen LogP contribution in [0.5, 0.6) is 11.5 Å². The Morgan fingerprint density at radius 1 is 1.06 bits per heavy atom. The van der Waals surface area contributed by atoms with Crippen molar-refractivity contribution in [2.24, 2.45) is 5.92 Å². The monoisotopic (exact) mass is 439 g/mol. The maximum absolute atomic E-state index is 6.49. The summed E-state index contributed by atoms with van der Waals surface area (Å²) < 4.78 is 23.5. The molecule has 0 spiro atoms. The van der Waals surface area contributed by atoms with Crippen LogP contribution in [0.15, 0.2) is 36.5 Å². The Kier molecular flexibility index (Phi) is 6.88. The van der Waals surface area contributed by atoms with Crippen molar-refractivity contribution in [3.8, 4) is 11.5 Å². The Labute approximate surface area is 189 Å². The average Bonchev–Trinajstić information content (AvgIpc) is 3.29. The molecule has 3 aliphatic rings. The Bertz CT molecular complexity index is 891. The zero-order valence-electron chi connectivity index (χ0n) is 18.7. The van der Waals surface area contributed by atoms with Crippen LogP contribution in [-0.4, -0.2) is 50.0 Å². The molecule has 1 aromatic heterocycles. The van der Waals surface area contributed by atoms with Gasteiger partial charge in [0.1, 0.15) is 23.7 Å². The normalized spacial score (nSPS) is 27.7. The van der Waals surface area contributed by atoms with E-state index in [2.05, 4.69) is 33.8 Å². The van der Waals surface area contributed by atoms with Gasteiger partial charge in [0, 0.05) is 37.6 Å². The van der Waals surface area contributed by atoms with Crippen molar-refractivity contribution >= 4 is 0 Å². The number of ether oxygens (including phenoxy) is 4. The second kappa shape index (κ2) is 10.2. The number of hydrogen-bond acceptors (Lipinski definition) is 7. The summed E-state index contributed by atoms with van der Waals surface area (Å²) in [5, 5.41) is 7.30. The van der Waals surface area contributed by atoms with E-state index in [-0.39, 0.29) is 12.2 Å². The molecule has 0 radical (unpaired) electrons. The van der Waals surface area contributed by atoms with Crippen LogP contribution < -0.4 is 20.1 Å². The number of fused-ring (bicyclic) bond motifs is 1. The van der Waals surface area contributed by atoms with Crippen LogP contribution in [0.4, 0.5) is 0 Å². The molecule has 7 heteroatoms. The number of hydrogen-bond donors (Lipinski definition) is 2. The molecule has 4 unspecified atom stereocenters. The summed E-state index contributed by atoms with van der Waals surface area (Å²) in [5.41, 5.74) is 3.33. The number of benzene rings is 1. The highest BCUT2D eigenvalue weighted by Gasteiger charge is 2.37. The summed E-state index contributed by atoms with van der Waals surface area (Å²) in [7, 11) is 1.71. The highest BCUT2D eigenvalue weighted by atomic mass is 16.5. The largest absolute Gasteiger partial charge is 0.490 e. The SMILES string of the molecule is COCc1ccc(OC2CCNC(C3CNCCC3Oc3cnc4c(c3)COC4)C2)cc1.